The van der Waals surface area contributed by atoms with Crippen molar-refractivity contribution in [2.24, 2.45) is 0 Å². The summed E-state index contributed by atoms with van der Waals surface area (Å²) in [6, 6.07) is 7.54. The van der Waals surface area contributed by atoms with Gasteiger partial charge in [-0.25, -0.2) is 4.39 Å². The quantitative estimate of drug-likeness (QED) is 0.816. The van der Waals surface area contributed by atoms with Gasteiger partial charge in [-0.3, -0.25) is 0 Å². The number of nitrogens with one attached hydrogen (secondary N) is 1. The second-order valence-electron chi connectivity index (χ2n) is 3.48. The number of ether oxygens (including phenoxy) is 1. The first-order valence-electron chi connectivity index (χ1n) is 5.14. The summed E-state index contributed by atoms with van der Waals surface area (Å²) in [5.74, 6) is 0.580. The van der Waals surface area contributed by atoms with E-state index in [4.69, 9.17) is 4.74 Å². The van der Waals surface area contributed by atoms with Gasteiger partial charge in [-0.2, -0.15) is 0 Å². The third-order valence-electron chi connectivity index (χ3n) is 2.54. The van der Waals surface area contributed by atoms with Crippen molar-refractivity contribution in [3.63, 3.8) is 0 Å². The molecule has 0 aliphatic carbocycles. The van der Waals surface area contributed by atoms with Crippen molar-refractivity contribution in [1.29, 1.82) is 0 Å². The van der Waals surface area contributed by atoms with E-state index >= 15 is 0 Å². The summed E-state index contributed by atoms with van der Waals surface area (Å²) in [5, 5.41) is 3.30. The van der Waals surface area contributed by atoms with Gasteiger partial charge in [0.05, 0.1) is 0 Å². The molecule has 0 amide bonds. The molecule has 0 atom stereocenters. The van der Waals surface area contributed by atoms with Crippen molar-refractivity contribution in [2.75, 3.05) is 37.9 Å². The van der Waals surface area contributed by atoms with Crippen LogP contribution in [0.3, 0.4) is 0 Å². The molecule has 1 fully saturated rings. The topological polar surface area (TPSA) is 24.5 Å². The molecular weight excluding hydrogens is 195 g/mol. The molecular formula is C11H15FN2O. The number of anilines is 1. The van der Waals surface area contributed by atoms with Crippen LogP contribution < -0.4 is 15.0 Å². The molecule has 1 N–H and O–H groups in total. The van der Waals surface area contributed by atoms with Crippen LogP contribution in [0.4, 0.5) is 10.1 Å². The van der Waals surface area contributed by atoms with Crippen molar-refractivity contribution in [2.45, 2.75) is 0 Å². The predicted molar refractivity (Wildman–Crippen MR) is 58.1 cm³/mol. The number of nitrogens with zero attached hydrogens (tertiary/aromatic N) is 1. The van der Waals surface area contributed by atoms with E-state index in [9.17, 15) is 4.39 Å². The van der Waals surface area contributed by atoms with Crippen molar-refractivity contribution in [1.82, 2.24) is 5.32 Å². The maximum atomic E-state index is 11.9. The zero-order valence-electron chi connectivity index (χ0n) is 8.58. The standard InChI is InChI=1S/C11H15FN2O/c12-9-15-11-3-1-10(2-4-11)14-7-5-13-6-8-14/h1-4,13H,5-9H2. The minimum atomic E-state index is -0.771. The largest absolute Gasteiger partial charge is 0.463 e. The van der Waals surface area contributed by atoms with Gasteiger partial charge in [0.15, 0.2) is 0 Å². The van der Waals surface area contributed by atoms with Crippen LogP contribution in [0.25, 0.3) is 0 Å². The van der Waals surface area contributed by atoms with Crippen LogP contribution in [-0.2, 0) is 0 Å². The van der Waals surface area contributed by atoms with E-state index in [-0.39, 0.29) is 0 Å². The first-order valence-corrected chi connectivity index (χ1v) is 5.14. The first-order chi connectivity index (χ1) is 7.40. The highest BCUT2D eigenvalue weighted by Gasteiger charge is 2.09. The molecule has 0 unspecified atom stereocenters. The van der Waals surface area contributed by atoms with Gasteiger partial charge in [-0.1, -0.05) is 0 Å². The molecule has 1 aromatic carbocycles. The van der Waals surface area contributed by atoms with E-state index in [0.29, 0.717) is 5.75 Å². The van der Waals surface area contributed by atoms with E-state index in [0.717, 1.165) is 26.2 Å². The van der Waals surface area contributed by atoms with E-state index in [1.165, 1.54) is 5.69 Å². The number of hydrogen-bond acceptors (Lipinski definition) is 3. The summed E-state index contributed by atoms with van der Waals surface area (Å²) < 4.78 is 16.6. The molecule has 15 heavy (non-hydrogen) atoms. The summed E-state index contributed by atoms with van der Waals surface area (Å²) >= 11 is 0. The Balaban J connectivity index is 2.02. The maximum Gasteiger partial charge on any atom is 0.228 e. The smallest absolute Gasteiger partial charge is 0.228 e. The average molecular weight is 210 g/mol. The second kappa shape index (κ2) is 4.98. The Bertz CT molecular complexity index is 296. The Labute approximate surface area is 88.8 Å². The van der Waals surface area contributed by atoms with Gasteiger partial charge in [-0.15, -0.1) is 0 Å². The molecule has 0 saturated carbocycles. The third kappa shape index (κ3) is 2.59. The summed E-state index contributed by atoms with van der Waals surface area (Å²) in [5.41, 5.74) is 1.17. The van der Waals surface area contributed by atoms with Gasteiger partial charge >= 0.3 is 0 Å². The summed E-state index contributed by atoms with van der Waals surface area (Å²) in [4.78, 5) is 2.30. The lowest BCUT2D eigenvalue weighted by Gasteiger charge is -2.29. The van der Waals surface area contributed by atoms with Crippen LogP contribution >= 0.6 is 0 Å². The molecule has 0 aromatic heterocycles. The van der Waals surface area contributed by atoms with Crippen molar-refractivity contribution >= 4 is 5.69 Å². The van der Waals surface area contributed by atoms with Crippen LogP contribution in [-0.4, -0.2) is 33.0 Å². The Morgan fingerprint density at radius 2 is 1.87 bits per heavy atom. The molecule has 0 radical (unpaired) electrons. The van der Waals surface area contributed by atoms with Gasteiger partial charge in [0.2, 0.25) is 6.86 Å². The van der Waals surface area contributed by atoms with Crippen LogP contribution in [0.1, 0.15) is 0 Å². The predicted octanol–water partition coefficient (Wildman–Crippen LogP) is 1.40. The summed E-state index contributed by atoms with van der Waals surface area (Å²) in [6.45, 7) is 3.30. The molecule has 0 bridgehead atoms. The van der Waals surface area contributed by atoms with Gasteiger partial charge < -0.3 is 15.0 Å². The first kappa shape index (κ1) is 10.2. The van der Waals surface area contributed by atoms with Gasteiger partial charge in [0, 0.05) is 31.9 Å². The minimum Gasteiger partial charge on any atom is -0.463 e. The molecule has 3 nitrogen and oxygen atoms in total. The molecule has 1 aliphatic rings. The third-order valence-corrected chi connectivity index (χ3v) is 2.54. The Kier molecular flexibility index (Phi) is 3.40. The van der Waals surface area contributed by atoms with E-state index in [2.05, 4.69) is 10.2 Å². The number of benzene rings is 1. The van der Waals surface area contributed by atoms with Crippen LogP contribution in [0.2, 0.25) is 0 Å². The van der Waals surface area contributed by atoms with Crippen LogP contribution in [0.15, 0.2) is 24.3 Å². The van der Waals surface area contributed by atoms with Crippen molar-refractivity contribution < 1.29 is 9.13 Å². The molecule has 1 aromatic rings. The fourth-order valence-electron chi connectivity index (χ4n) is 1.74. The fraction of sp³-hybridized carbons (Fsp3) is 0.455. The SMILES string of the molecule is FCOc1ccc(N2CCNCC2)cc1. The number of hydrogen-bond donors (Lipinski definition) is 1. The number of halogens is 1. The Morgan fingerprint density at radius 3 is 2.47 bits per heavy atom. The Hall–Kier alpha value is -1.29. The molecule has 1 heterocycles. The highest BCUT2D eigenvalue weighted by molar-refractivity contribution is 5.49. The molecule has 2 rings (SSSR count). The molecule has 1 saturated heterocycles. The van der Waals surface area contributed by atoms with Crippen LogP contribution in [0.5, 0.6) is 5.75 Å². The highest BCUT2D eigenvalue weighted by Crippen LogP contribution is 2.19. The van der Waals surface area contributed by atoms with E-state index < -0.39 is 6.86 Å². The number of rotatable bonds is 3. The number of alkyl halides is 1. The lowest BCUT2D eigenvalue weighted by atomic mass is 10.2. The molecule has 0 spiro atoms. The zero-order chi connectivity index (χ0) is 10.5. The molecule has 82 valence electrons. The second-order valence-corrected chi connectivity index (χ2v) is 3.48. The minimum absolute atomic E-state index is 0.580. The van der Waals surface area contributed by atoms with E-state index in [1.807, 2.05) is 12.1 Å². The molecule has 1 aliphatic heterocycles. The average Bonchev–Trinajstić information content (AvgIpc) is 2.32. The monoisotopic (exact) mass is 210 g/mol. The fourth-order valence-corrected chi connectivity index (χ4v) is 1.74. The zero-order valence-corrected chi connectivity index (χ0v) is 8.58. The molecule has 4 heteroatoms. The lowest BCUT2D eigenvalue weighted by Crippen LogP contribution is -2.43. The van der Waals surface area contributed by atoms with Crippen LogP contribution in [0, 0.1) is 0 Å². The maximum absolute atomic E-state index is 11.9. The normalized spacial score (nSPS) is 16.5. The van der Waals surface area contributed by atoms with Crippen molar-refractivity contribution in [3.05, 3.63) is 24.3 Å². The summed E-state index contributed by atoms with van der Waals surface area (Å²) in [7, 11) is 0. The van der Waals surface area contributed by atoms with Gasteiger partial charge in [0.25, 0.3) is 0 Å². The van der Waals surface area contributed by atoms with Gasteiger partial charge in [0.1, 0.15) is 5.75 Å². The number of piperazine rings is 1. The van der Waals surface area contributed by atoms with E-state index in [1.54, 1.807) is 12.1 Å². The Morgan fingerprint density at radius 1 is 1.20 bits per heavy atom. The highest BCUT2D eigenvalue weighted by atomic mass is 19.1. The van der Waals surface area contributed by atoms with Crippen molar-refractivity contribution in [3.8, 4) is 5.75 Å². The summed E-state index contributed by atoms with van der Waals surface area (Å²) in [6.07, 6.45) is 0. The lowest BCUT2D eigenvalue weighted by molar-refractivity contribution is 0.192. The van der Waals surface area contributed by atoms with Gasteiger partial charge in [-0.05, 0) is 24.3 Å².